The topological polar surface area (TPSA) is 61.4 Å². The molecule has 0 aliphatic rings. The van der Waals surface area contributed by atoms with Crippen molar-refractivity contribution in [2.45, 2.75) is 18.9 Å². The van der Waals surface area contributed by atoms with E-state index in [1.165, 1.54) is 12.1 Å². The van der Waals surface area contributed by atoms with Crippen molar-refractivity contribution in [2.75, 3.05) is 11.9 Å². The Bertz CT molecular complexity index is 650. The van der Waals surface area contributed by atoms with Crippen LogP contribution in [-0.4, -0.2) is 17.7 Å². The SMILES string of the molecule is O=C(Nc1cccc(F)c1F)NC(CCCO)c1ccccc1. The lowest BCUT2D eigenvalue weighted by Gasteiger charge is -2.19. The number of carbonyl (C=O) groups excluding carboxylic acids is 1. The van der Waals surface area contributed by atoms with Crippen LogP contribution < -0.4 is 10.6 Å². The van der Waals surface area contributed by atoms with Gasteiger partial charge in [-0.25, -0.2) is 13.6 Å². The number of benzene rings is 2. The van der Waals surface area contributed by atoms with Gasteiger partial charge in [-0.3, -0.25) is 0 Å². The third-order valence-electron chi connectivity index (χ3n) is 3.36. The molecule has 1 atom stereocenters. The average Bonchev–Trinajstić information content (AvgIpc) is 2.56. The molecular weight excluding hydrogens is 302 g/mol. The number of anilines is 1. The second-order valence-electron chi connectivity index (χ2n) is 5.03. The highest BCUT2D eigenvalue weighted by Crippen LogP contribution is 2.20. The molecular formula is C17H18F2N2O2. The van der Waals surface area contributed by atoms with E-state index >= 15 is 0 Å². The Morgan fingerprint density at radius 3 is 2.52 bits per heavy atom. The zero-order valence-corrected chi connectivity index (χ0v) is 12.4. The molecule has 0 saturated carbocycles. The van der Waals surface area contributed by atoms with Crippen LogP contribution in [-0.2, 0) is 0 Å². The molecule has 0 aromatic heterocycles. The lowest BCUT2D eigenvalue weighted by atomic mass is 10.0. The molecule has 0 heterocycles. The number of nitrogens with one attached hydrogen (secondary N) is 2. The molecule has 0 radical (unpaired) electrons. The van der Waals surface area contributed by atoms with Crippen molar-refractivity contribution in [3.05, 3.63) is 65.7 Å². The first-order valence-corrected chi connectivity index (χ1v) is 7.29. The van der Waals surface area contributed by atoms with E-state index < -0.39 is 17.7 Å². The second kappa shape index (κ2) is 8.24. The van der Waals surface area contributed by atoms with Crippen molar-refractivity contribution in [1.29, 1.82) is 0 Å². The Balaban J connectivity index is 2.07. The molecule has 23 heavy (non-hydrogen) atoms. The fourth-order valence-corrected chi connectivity index (χ4v) is 2.22. The summed E-state index contributed by atoms with van der Waals surface area (Å²) in [6.45, 7) is 0.00512. The minimum Gasteiger partial charge on any atom is -0.396 e. The van der Waals surface area contributed by atoms with Gasteiger partial charge >= 0.3 is 6.03 Å². The van der Waals surface area contributed by atoms with Gasteiger partial charge in [0.2, 0.25) is 0 Å². The van der Waals surface area contributed by atoms with Crippen LogP contribution in [0.15, 0.2) is 48.5 Å². The molecule has 0 fully saturated rings. The maximum atomic E-state index is 13.6. The van der Waals surface area contributed by atoms with Gasteiger partial charge in [-0.05, 0) is 30.5 Å². The minimum absolute atomic E-state index is 0.00512. The van der Waals surface area contributed by atoms with E-state index in [9.17, 15) is 13.6 Å². The predicted octanol–water partition coefficient (Wildman–Crippen LogP) is 3.60. The molecule has 2 amide bonds. The zero-order valence-electron chi connectivity index (χ0n) is 12.4. The summed E-state index contributed by atoms with van der Waals surface area (Å²) >= 11 is 0. The number of halogens is 2. The molecule has 2 rings (SSSR count). The quantitative estimate of drug-likeness (QED) is 0.761. The predicted molar refractivity (Wildman–Crippen MR) is 84.0 cm³/mol. The molecule has 2 aromatic rings. The van der Waals surface area contributed by atoms with E-state index in [-0.39, 0.29) is 18.3 Å². The van der Waals surface area contributed by atoms with Crippen molar-refractivity contribution in [1.82, 2.24) is 5.32 Å². The fraction of sp³-hybridized carbons (Fsp3) is 0.235. The summed E-state index contributed by atoms with van der Waals surface area (Å²) in [7, 11) is 0. The molecule has 122 valence electrons. The van der Waals surface area contributed by atoms with Crippen LogP contribution in [0.3, 0.4) is 0 Å². The van der Waals surface area contributed by atoms with E-state index in [1.54, 1.807) is 0 Å². The number of aliphatic hydroxyl groups excluding tert-OH is 1. The van der Waals surface area contributed by atoms with E-state index in [2.05, 4.69) is 10.6 Å². The van der Waals surface area contributed by atoms with Gasteiger partial charge in [0.25, 0.3) is 0 Å². The molecule has 0 saturated heterocycles. The molecule has 1 unspecified atom stereocenters. The minimum atomic E-state index is -1.10. The summed E-state index contributed by atoms with van der Waals surface area (Å²) in [5, 5.41) is 14.0. The summed E-state index contributed by atoms with van der Waals surface area (Å²) in [4.78, 5) is 12.0. The molecule has 0 aliphatic heterocycles. The van der Waals surface area contributed by atoms with E-state index in [0.717, 1.165) is 11.6 Å². The Morgan fingerprint density at radius 2 is 1.83 bits per heavy atom. The van der Waals surface area contributed by atoms with Gasteiger partial charge < -0.3 is 15.7 Å². The van der Waals surface area contributed by atoms with Crippen LogP contribution >= 0.6 is 0 Å². The standard InChI is InChI=1S/C17H18F2N2O2/c18-13-8-4-9-15(16(13)19)21-17(23)20-14(10-5-11-22)12-6-2-1-3-7-12/h1-4,6-9,14,22H,5,10-11H2,(H2,20,21,23). The smallest absolute Gasteiger partial charge is 0.319 e. The summed E-state index contributed by atoms with van der Waals surface area (Å²) in [5.41, 5.74) is 0.646. The summed E-state index contributed by atoms with van der Waals surface area (Å²) in [6, 6.07) is 11.8. The van der Waals surface area contributed by atoms with E-state index in [1.807, 2.05) is 30.3 Å². The number of urea groups is 1. The van der Waals surface area contributed by atoms with Crippen LogP contribution in [0.1, 0.15) is 24.4 Å². The van der Waals surface area contributed by atoms with Gasteiger partial charge in [-0.15, -0.1) is 0 Å². The van der Waals surface area contributed by atoms with Crippen molar-refractivity contribution in [3.8, 4) is 0 Å². The monoisotopic (exact) mass is 320 g/mol. The van der Waals surface area contributed by atoms with Crippen LogP contribution in [0, 0.1) is 11.6 Å². The van der Waals surface area contributed by atoms with Crippen LogP contribution in [0.5, 0.6) is 0 Å². The third kappa shape index (κ3) is 4.75. The Hall–Kier alpha value is -2.47. The van der Waals surface area contributed by atoms with Crippen LogP contribution in [0.2, 0.25) is 0 Å². The van der Waals surface area contributed by atoms with Gasteiger partial charge in [0.1, 0.15) is 0 Å². The van der Waals surface area contributed by atoms with Crippen molar-refractivity contribution in [3.63, 3.8) is 0 Å². The van der Waals surface area contributed by atoms with Gasteiger partial charge in [0.15, 0.2) is 11.6 Å². The number of hydrogen-bond acceptors (Lipinski definition) is 2. The number of rotatable bonds is 6. The normalized spacial score (nSPS) is 11.8. The molecule has 6 heteroatoms. The van der Waals surface area contributed by atoms with Crippen LogP contribution in [0.25, 0.3) is 0 Å². The third-order valence-corrected chi connectivity index (χ3v) is 3.36. The van der Waals surface area contributed by atoms with Gasteiger partial charge in [0, 0.05) is 6.61 Å². The zero-order chi connectivity index (χ0) is 16.7. The van der Waals surface area contributed by atoms with E-state index in [0.29, 0.717) is 12.8 Å². The highest BCUT2D eigenvalue weighted by Gasteiger charge is 2.16. The number of hydrogen-bond donors (Lipinski definition) is 3. The Labute approximate surface area is 133 Å². The van der Waals surface area contributed by atoms with Gasteiger partial charge in [0.05, 0.1) is 11.7 Å². The van der Waals surface area contributed by atoms with Crippen molar-refractivity contribution in [2.24, 2.45) is 0 Å². The lowest BCUT2D eigenvalue weighted by Crippen LogP contribution is -2.33. The average molecular weight is 320 g/mol. The number of carbonyl (C=O) groups is 1. The molecule has 2 aromatic carbocycles. The number of aliphatic hydroxyl groups is 1. The van der Waals surface area contributed by atoms with Crippen LogP contribution in [0.4, 0.5) is 19.3 Å². The lowest BCUT2D eigenvalue weighted by molar-refractivity contribution is 0.243. The Morgan fingerprint density at radius 1 is 1.09 bits per heavy atom. The first-order valence-electron chi connectivity index (χ1n) is 7.29. The largest absolute Gasteiger partial charge is 0.396 e. The summed E-state index contributed by atoms with van der Waals surface area (Å²) in [5.74, 6) is -2.13. The first kappa shape index (κ1) is 16.9. The highest BCUT2D eigenvalue weighted by atomic mass is 19.2. The molecule has 0 aliphatic carbocycles. The molecule has 0 bridgehead atoms. The highest BCUT2D eigenvalue weighted by molar-refractivity contribution is 5.89. The molecule has 0 spiro atoms. The Kier molecular flexibility index (Phi) is 6.05. The maximum Gasteiger partial charge on any atom is 0.319 e. The fourth-order valence-electron chi connectivity index (χ4n) is 2.22. The molecule has 3 N–H and O–H groups in total. The first-order chi connectivity index (χ1) is 11.1. The summed E-state index contributed by atoms with van der Waals surface area (Å²) < 4.78 is 26.7. The van der Waals surface area contributed by atoms with Crippen molar-refractivity contribution < 1.29 is 18.7 Å². The van der Waals surface area contributed by atoms with Gasteiger partial charge in [-0.2, -0.15) is 0 Å². The number of amides is 2. The van der Waals surface area contributed by atoms with Gasteiger partial charge in [-0.1, -0.05) is 36.4 Å². The second-order valence-corrected chi connectivity index (χ2v) is 5.03. The van der Waals surface area contributed by atoms with E-state index in [4.69, 9.17) is 5.11 Å². The maximum absolute atomic E-state index is 13.6. The molecule has 4 nitrogen and oxygen atoms in total. The van der Waals surface area contributed by atoms with Crippen molar-refractivity contribution >= 4 is 11.7 Å². The summed E-state index contributed by atoms with van der Waals surface area (Å²) in [6.07, 6.45) is 1.04.